The second-order valence-electron chi connectivity index (χ2n) is 5.48. The number of cyclic esters (lactones) is 2. The van der Waals surface area contributed by atoms with Gasteiger partial charge in [-0.3, -0.25) is 0 Å². The van der Waals surface area contributed by atoms with Gasteiger partial charge in [0.2, 0.25) is 0 Å². The fourth-order valence-corrected chi connectivity index (χ4v) is 1.93. The van der Waals surface area contributed by atoms with Crippen LogP contribution in [0.25, 0.3) is 0 Å². The maximum Gasteiger partial charge on any atom is 0.518 e. The first-order valence-corrected chi connectivity index (χ1v) is 6.92. The number of aliphatic hydroxyl groups is 1. The summed E-state index contributed by atoms with van der Waals surface area (Å²) < 4.78 is 8.99. The van der Waals surface area contributed by atoms with Gasteiger partial charge in [-0.1, -0.05) is 28.9 Å². The van der Waals surface area contributed by atoms with Crippen molar-refractivity contribution in [3.63, 3.8) is 0 Å². The molecule has 0 atom stereocenters. The Balaban J connectivity index is 2.30. The first-order valence-electron chi connectivity index (χ1n) is 6.92. The van der Waals surface area contributed by atoms with Crippen LogP contribution in [0, 0.1) is 0 Å². The molecular formula is C16H24O4. The molecule has 0 aliphatic carbocycles. The molecule has 112 valence electrons. The summed E-state index contributed by atoms with van der Waals surface area (Å²) in [4.78, 5) is 10.5. The van der Waals surface area contributed by atoms with Crippen LogP contribution >= 0.6 is 0 Å². The van der Waals surface area contributed by atoms with E-state index in [0.29, 0.717) is 0 Å². The van der Waals surface area contributed by atoms with Gasteiger partial charge < -0.3 is 14.6 Å². The Morgan fingerprint density at radius 3 is 2.15 bits per heavy atom. The van der Waals surface area contributed by atoms with E-state index in [1.807, 2.05) is 6.92 Å². The van der Waals surface area contributed by atoms with Crippen molar-refractivity contribution in [2.75, 3.05) is 0 Å². The molecule has 1 fully saturated rings. The average molecular weight is 280 g/mol. The van der Waals surface area contributed by atoms with Gasteiger partial charge in [-0.15, -0.1) is 0 Å². The fraction of sp³-hybridized carbons (Fsp3) is 0.562. The lowest BCUT2D eigenvalue weighted by Gasteiger charge is -2.31. The van der Waals surface area contributed by atoms with Crippen molar-refractivity contribution < 1.29 is 19.4 Å². The Hall–Kier alpha value is -1.55. The van der Waals surface area contributed by atoms with Gasteiger partial charge in [0.05, 0.1) is 0 Å². The predicted molar refractivity (Wildman–Crippen MR) is 77.9 cm³/mol. The van der Waals surface area contributed by atoms with Gasteiger partial charge in [0.25, 0.3) is 0 Å². The zero-order chi connectivity index (χ0) is 15.2. The summed E-state index contributed by atoms with van der Waals surface area (Å²) in [5.41, 5.74) is 3.63. The Bertz CT molecular complexity index is 431. The van der Waals surface area contributed by atoms with E-state index in [2.05, 4.69) is 42.4 Å². The summed E-state index contributed by atoms with van der Waals surface area (Å²) in [6, 6.07) is 0. The number of hydrogen-bond donors (Lipinski definition) is 1. The first-order chi connectivity index (χ1) is 9.31. The zero-order valence-electron chi connectivity index (χ0n) is 12.7. The molecule has 1 heterocycles. The molecule has 1 N–H and O–H groups in total. The summed E-state index contributed by atoms with van der Waals surface area (Å²) in [6.07, 6.45) is 8.86. The Labute approximate surface area is 120 Å². The zero-order valence-corrected chi connectivity index (χ0v) is 12.7. The van der Waals surface area contributed by atoms with Crippen molar-refractivity contribution in [3.05, 3.63) is 34.9 Å². The molecule has 0 saturated carbocycles. The molecule has 4 heteroatoms. The van der Waals surface area contributed by atoms with Crippen LogP contribution in [0.4, 0.5) is 4.79 Å². The molecule has 0 unspecified atom stereocenters. The molecule has 0 aromatic heterocycles. The highest BCUT2D eigenvalue weighted by Crippen LogP contribution is 2.25. The largest absolute Gasteiger partial charge is 0.518 e. The van der Waals surface area contributed by atoms with Crippen LogP contribution in [0.15, 0.2) is 34.9 Å². The Morgan fingerprint density at radius 1 is 1.05 bits per heavy atom. The molecule has 0 radical (unpaired) electrons. The third-order valence-corrected chi connectivity index (χ3v) is 3.01. The Kier molecular flexibility index (Phi) is 6.02. The van der Waals surface area contributed by atoms with Gasteiger partial charge in [-0.25, -0.2) is 4.79 Å². The van der Waals surface area contributed by atoms with Crippen LogP contribution in [0.5, 0.6) is 0 Å². The van der Waals surface area contributed by atoms with Crippen molar-refractivity contribution in [1.29, 1.82) is 0 Å². The first kappa shape index (κ1) is 16.5. The van der Waals surface area contributed by atoms with Crippen molar-refractivity contribution in [2.45, 2.75) is 59.4 Å². The molecule has 1 aliphatic heterocycles. The number of carbonyl (C=O) groups excluding carboxylic acids is 1. The third-order valence-electron chi connectivity index (χ3n) is 3.01. The summed E-state index contributed by atoms with van der Waals surface area (Å²) in [7, 11) is 0. The lowest BCUT2D eigenvalue weighted by atomic mass is 10.1. The van der Waals surface area contributed by atoms with Crippen LogP contribution in [0.1, 0.15) is 53.4 Å². The highest BCUT2D eigenvalue weighted by atomic mass is 17.0. The van der Waals surface area contributed by atoms with E-state index in [-0.39, 0.29) is 0 Å². The minimum Gasteiger partial charge on any atom is -0.362 e. The predicted octanol–water partition coefficient (Wildman–Crippen LogP) is 4.22. The molecular weight excluding hydrogens is 256 g/mol. The number of ether oxygens (including phenoxy) is 2. The van der Waals surface area contributed by atoms with E-state index in [1.165, 1.54) is 17.2 Å². The second kappa shape index (κ2) is 7.29. The maximum absolute atomic E-state index is 10.5. The molecule has 4 nitrogen and oxygen atoms in total. The van der Waals surface area contributed by atoms with E-state index in [1.54, 1.807) is 0 Å². The Morgan fingerprint density at radius 2 is 1.60 bits per heavy atom. The van der Waals surface area contributed by atoms with E-state index in [9.17, 15) is 9.90 Å². The monoisotopic (exact) mass is 280 g/mol. The van der Waals surface area contributed by atoms with Crippen molar-refractivity contribution >= 4 is 6.16 Å². The van der Waals surface area contributed by atoms with E-state index >= 15 is 0 Å². The number of allylic oxidation sites excluding steroid dienone is 5. The second-order valence-corrected chi connectivity index (χ2v) is 5.48. The molecule has 0 spiro atoms. The van der Waals surface area contributed by atoms with Crippen molar-refractivity contribution in [1.82, 2.24) is 0 Å². The number of carbonyl (C=O) groups is 1. The molecule has 20 heavy (non-hydrogen) atoms. The van der Waals surface area contributed by atoms with Crippen LogP contribution in [-0.4, -0.2) is 17.2 Å². The molecule has 0 aromatic carbocycles. The van der Waals surface area contributed by atoms with Crippen LogP contribution in [-0.2, 0) is 9.47 Å². The van der Waals surface area contributed by atoms with Crippen LogP contribution in [0.2, 0.25) is 0 Å². The SMILES string of the molecule is CC(C)=CCC/C(C)=C/CC/C(C)=C/C1(O)OC(=O)O1. The molecule has 1 rings (SSSR count). The normalized spacial score (nSPS) is 17.9. The van der Waals surface area contributed by atoms with Gasteiger partial charge in [-0.05, 0) is 53.4 Å². The minimum absolute atomic E-state index is 0.795. The summed E-state index contributed by atoms with van der Waals surface area (Å²) in [5.74, 6) is -1.84. The van der Waals surface area contributed by atoms with Gasteiger partial charge in [0.15, 0.2) is 0 Å². The van der Waals surface area contributed by atoms with E-state index < -0.39 is 12.1 Å². The topological polar surface area (TPSA) is 55.8 Å². The third kappa shape index (κ3) is 6.06. The van der Waals surface area contributed by atoms with E-state index in [4.69, 9.17) is 0 Å². The molecule has 0 amide bonds. The quantitative estimate of drug-likeness (QED) is 0.560. The minimum atomic E-state index is -1.84. The van der Waals surface area contributed by atoms with E-state index in [0.717, 1.165) is 31.3 Å². The molecule has 0 aromatic rings. The lowest BCUT2D eigenvalue weighted by Crippen LogP contribution is -2.48. The standard InChI is InChI=1S/C16H24O4/c1-12(2)7-5-8-13(3)9-6-10-14(4)11-16(18)19-15(17)20-16/h7,9,11,18H,5-6,8,10H2,1-4H3/b13-9+,14-11+. The fourth-order valence-electron chi connectivity index (χ4n) is 1.93. The van der Waals surface area contributed by atoms with Crippen LogP contribution in [0.3, 0.4) is 0 Å². The summed E-state index contributed by atoms with van der Waals surface area (Å²) >= 11 is 0. The average Bonchev–Trinajstić information content (AvgIpc) is 2.26. The molecule has 1 aliphatic rings. The van der Waals surface area contributed by atoms with Gasteiger partial charge >= 0.3 is 12.1 Å². The molecule has 1 saturated heterocycles. The number of hydrogen-bond acceptors (Lipinski definition) is 4. The van der Waals surface area contributed by atoms with Gasteiger partial charge in [-0.2, -0.15) is 0 Å². The van der Waals surface area contributed by atoms with Gasteiger partial charge in [0.1, 0.15) is 0 Å². The summed E-state index contributed by atoms with van der Waals surface area (Å²) in [6.45, 7) is 8.21. The molecule has 0 bridgehead atoms. The number of rotatable bonds is 7. The van der Waals surface area contributed by atoms with Crippen molar-refractivity contribution in [2.24, 2.45) is 0 Å². The van der Waals surface area contributed by atoms with Gasteiger partial charge in [0, 0.05) is 6.08 Å². The highest BCUT2D eigenvalue weighted by Gasteiger charge is 2.45. The van der Waals surface area contributed by atoms with Crippen LogP contribution < -0.4 is 0 Å². The maximum atomic E-state index is 10.5. The highest BCUT2D eigenvalue weighted by molar-refractivity contribution is 5.65. The lowest BCUT2D eigenvalue weighted by molar-refractivity contribution is -0.354. The smallest absolute Gasteiger partial charge is 0.362 e. The summed E-state index contributed by atoms with van der Waals surface area (Å²) in [5, 5.41) is 9.56. The van der Waals surface area contributed by atoms with Crippen molar-refractivity contribution in [3.8, 4) is 0 Å².